The van der Waals surface area contributed by atoms with E-state index >= 15 is 0 Å². The molecule has 1 aliphatic heterocycles. The van der Waals surface area contributed by atoms with Crippen LogP contribution in [0.5, 0.6) is 0 Å². The predicted molar refractivity (Wildman–Crippen MR) is 63.9 cm³/mol. The minimum Gasteiger partial charge on any atom is -0.308 e. The van der Waals surface area contributed by atoms with Gasteiger partial charge < -0.3 is 5.32 Å². The van der Waals surface area contributed by atoms with E-state index in [0.29, 0.717) is 12.1 Å². The first kappa shape index (κ1) is 10.5. The third-order valence-corrected chi connectivity index (χ3v) is 3.48. The number of nitrogens with zero attached hydrogens (tertiary/aromatic N) is 1. The molecule has 0 bridgehead atoms. The maximum absolute atomic E-state index is 5.21. The van der Waals surface area contributed by atoms with E-state index in [1.165, 1.54) is 24.3 Å². The maximum Gasteiger partial charge on any atom is 0.0273 e. The predicted octanol–water partition coefficient (Wildman–Crippen LogP) is 1.59. The summed E-state index contributed by atoms with van der Waals surface area (Å²) >= 11 is 5.21. The molecule has 1 atom stereocenters. The lowest BCUT2D eigenvalue weighted by Gasteiger charge is -2.29. The molecular formula is C11H20N2S. The second kappa shape index (κ2) is 4.25. The van der Waals surface area contributed by atoms with Crippen molar-refractivity contribution >= 4 is 17.1 Å². The second-order valence-corrected chi connectivity index (χ2v) is 5.42. The normalized spacial score (nSPS) is 28.0. The van der Waals surface area contributed by atoms with Crippen molar-refractivity contribution in [2.24, 2.45) is 0 Å². The van der Waals surface area contributed by atoms with E-state index in [-0.39, 0.29) is 0 Å². The summed E-state index contributed by atoms with van der Waals surface area (Å²) in [5, 5.41) is 3.49. The van der Waals surface area contributed by atoms with Crippen molar-refractivity contribution in [3.63, 3.8) is 0 Å². The molecule has 3 heteroatoms. The van der Waals surface area contributed by atoms with Gasteiger partial charge in [-0.1, -0.05) is 12.2 Å². The molecule has 1 saturated heterocycles. The van der Waals surface area contributed by atoms with E-state index < -0.39 is 0 Å². The summed E-state index contributed by atoms with van der Waals surface area (Å²) < 4.78 is 0. The molecule has 0 aromatic carbocycles. The molecule has 2 fully saturated rings. The van der Waals surface area contributed by atoms with Crippen LogP contribution in [0.2, 0.25) is 0 Å². The summed E-state index contributed by atoms with van der Waals surface area (Å²) in [5.74, 6) is 0. The number of thiocarbonyl (C=S) groups is 1. The summed E-state index contributed by atoms with van der Waals surface area (Å²) in [4.78, 5) is 3.83. The first-order chi connectivity index (χ1) is 6.66. The van der Waals surface area contributed by atoms with Gasteiger partial charge in [-0.05, 0) is 33.1 Å². The molecular weight excluding hydrogens is 192 g/mol. The largest absolute Gasteiger partial charge is 0.308 e. The molecule has 14 heavy (non-hydrogen) atoms. The lowest BCUT2D eigenvalue weighted by atomic mass is 10.2. The lowest BCUT2D eigenvalue weighted by molar-refractivity contribution is 0.193. The van der Waals surface area contributed by atoms with Crippen LogP contribution in [0.3, 0.4) is 0 Å². The molecule has 80 valence electrons. The Bertz CT molecular complexity index is 221. The van der Waals surface area contributed by atoms with E-state index in [0.717, 1.165) is 19.0 Å². The zero-order valence-corrected chi connectivity index (χ0v) is 9.94. The molecule has 1 aliphatic carbocycles. The van der Waals surface area contributed by atoms with Crippen LogP contribution in [0, 0.1) is 0 Å². The number of rotatable bonds is 4. The molecule has 0 radical (unpaired) electrons. The van der Waals surface area contributed by atoms with Crippen LogP contribution in [0.4, 0.5) is 0 Å². The third kappa shape index (κ3) is 2.53. The number of hydrogen-bond acceptors (Lipinski definition) is 3. The Morgan fingerprint density at radius 1 is 1.50 bits per heavy atom. The zero-order chi connectivity index (χ0) is 10.1. The van der Waals surface area contributed by atoms with E-state index in [1.54, 1.807) is 0 Å². The Morgan fingerprint density at radius 3 is 2.64 bits per heavy atom. The Labute approximate surface area is 92.0 Å². The lowest BCUT2D eigenvalue weighted by Crippen LogP contribution is -2.42. The van der Waals surface area contributed by atoms with Crippen LogP contribution in [0.1, 0.15) is 33.1 Å². The van der Waals surface area contributed by atoms with Gasteiger partial charge in [0, 0.05) is 36.1 Å². The topological polar surface area (TPSA) is 15.3 Å². The highest BCUT2D eigenvalue weighted by atomic mass is 32.1. The molecule has 0 aromatic rings. The average molecular weight is 212 g/mol. The minimum atomic E-state index is 0.616. The fourth-order valence-corrected chi connectivity index (χ4v) is 2.53. The van der Waals surface area contributed by atoms with Gasteiger partial charge in [0.25, 0.3) is 0 Å². The summed E-state index contributed by atoms with van der Waals surface area (Å²) in [6.45, 7) is 6.73. The average Bonchev–Trinajstić information content (AvgIpc) is 2.86. The van der Waals surface area contributed by atoms with Crippen molar-refractivity contribution < 1.29 is 0 Å². The molecule has 0 aromatic heterocycles. The standard InChI is InChI=1S/C11H20N2S/c1-8(2)13(10-3-4-10)7-9-5-11(14)6-12-9/h8-10,12H,3-7H2,1-2H3. The SMILES string of the molecule is CC(C)N(CC1CC(=S)CN1)C1CC1. The Hall–Kier alpha value is 0.01000. The molecule has 1 unspecified atom stereocenters. The van der Waals surface area contributed by atoms with Crippen LogP contribution in [0.15, 0.2) is 0 Å². The minimum absolute atomic E-state index is 0.616. The van der Waals surface area contributed by atoms with E-state index in [1.807, 2.05) is 0 Å². The fourth-order valence-electron chi connectivity index (χ4n) is 2.25. The summed E-state index contributed by atoms with van der Waals surface area (Å²) in [6.07, 6.45) is 3.90. The molecule has 0 spiro atoms. The molecule has 1 N–H and O–H groups in total. The van der Waals surface area contributed by atoms with Gasteiger partial charge in [0.05, 0.1) is 0 Å². The first-order valence-corrected chi connectivity index (χ1v) is 6.08. The fraction of sp³-hybridized carbons (Fsp3) is 0.909. The summed E-state index contributed by atoms with van der Waals surface area (Å²) in [7, 11) is 0. The molecule has 1 heterocycles. The van der Waals surface area contributed by atoms with Gasteiger partial charge >= 0.3 is 0 Å². The Morgan fingerprint density at radius 2 is 2.21 bits per heavy atom. The van der Waals surface area contributed by atoms with Crippen molar-refractivity contribution in [2.75, 3.05) is 13.1 Å². The summed E-state index contributed by atoms with van der Waals surface area (Å²) in [6, 6.07) is 2.16. The summed E-state index contributed by atoms with van der Waals surface area (Å²) in [5.41, 5.74) is 0. The highest BCUT2D eigenvalue weighted by Gasteiger charge is 2.33. The first-order valence-electron chi connectivity index (χ1n) is 5.67. The van der Waals surface area contributed by atoms with Crippen LogP contribution >= 0.6 is 12.2 Å². The van der Waals surface area contributed by atoms with Gasteiger partial charge in [-0.25, -0.2) is 0 Å². The van der Waals surface area contributed by atoms with Crippen molar-refractivity contribution in [1.82, 2.24) is 10.2 Å². The van der Waals surface area contributed by atoms with Gasteiger partial charge in [0.1, 0.15) is 0 Å². The molecule has 2 nitrogen and oxygen atoms in total. The van der Waals surface area contributed by atoms with E-state index in [4.69, 9.17) is 12.2 Å². The van der Waals surface area contributed by atoms with Crippen molar-refractivity contribution in [3.05, 3.63) is 0 Å². The van der Waals surface area contributed by atoms with Gasteiger partial charge in [-0.15, -0.1) is 0 Å². The van der Waals surface area contributed by atoms with Gasteiger partial charge in [0.15, 0.2) is 0 Å². The maximum atomic E-state index is 5.21. The molecule has 1 saturated carbocycles. The quantitative estimate of drug-likeness (QED) is 0.713. The second-order valence-electron chi connectivity index (χ2n) is 4.84. The van der Waals surface area contributed by atoms with Crippen molar-refractivity contribution in [3.8, 4) is 0 Å². The van der Waals surface area contributed by atoms with Gasteiger partial charge in [-0.3, -0.25) is 4.90 Å². The van der Waals surface area contributed by atoms with Crippen LogP contribution in [-0.2, 0) is 0 Å². The monoisotopic (exact) mass is 212 g/mol. The van der Waals surface area contributed by atoms with E-state index in [2.05, 4.69) is 24.1 Å². The van der Waals surface area contributed by atoms with Crippen LogP contribution < -0.4 is 5.32 Å². The third-order valence-electron chi connectivity index (χ3n) is 3.17. The molecule has 2 rings (SSSR count). The smallest absolute Gasteiger partial charge is 0.0273 e. The van der Waals surface area contributed by atoms with Crippen molar-refractivity contribution in [1.29, 1.82) is 0 Å². The number of nitrogens with one attached hydrogen (secondary N) is 1. The number of hydrogen-bond donors (Lipinski definition) is 1. The molecule has 2 aliphatic rings. The van der Waals surface area contributed by atoms with Gasteiger partial charge in [-0.2, -0.15) is 0 Å². The van der Waals surface area contributed by atoms with Gasteiger partial charge in [0.2, 0.25) is 0 Å². The van der Waals surface area contributed by atoms with E-state index in [9.17, 15) is 0 Å². The van der Waals surface area contributed by atoms with Crippen LogP contribution in [-0.4, -0.2) is 41.0 Å². The van der Waals surface area contributed by atoms with Crippen LogP contribution in [0.25, 0.3) is 0 Å². The van der Waals surface area contributed by atoms with Crippen molar-refractivity contribution in [2.45, 2.75) is 51.2 Å². The molecule has 0 amide bonds. The Kier molecular flexibility index (Phi) is 3.20. The highest BCUT2D eigenvalue weighted by molar-refractivity contribution is 7.80. The Balaban J connectivity index is 1.84. The highest BCUT2D eigenvalue weighted by Crippen LogP contribution is 2.29. The zero-order valence-electron chi connectivity index (χ0n) is 9.12.